The topological polar surface area (TPSA) is 69.0 Å². The van der Waals surface area contributed by atoms with Gasteiger partial charge in [-0.25, -0.2) is 0 Å². The van der Waals surface area contributed by atoms with E-state index >= 15 is 0 Å². The monoisotopic (exact) mass is 348 g/mol. The number of rotatable bonds is 8. The van der Waals surface area contributed by atoms with Crippen LogP contribution in [0.2, 0.25) is 0 Å². The van der Waals surface area contributed by atoms with Gasteiger partial charge in [-0.3, -0.25) is 4.79 Å². The van der Waals surface area contributed by atoms with Crippen LogP contribution in [0.4, 0.5) is 0 Å². The lowest BCUT2D eigenvalue weighted by Gasteiger charge is -2.19. The van der Waals surface area contributed by atoms with Gasteiger partial charge >= 0.3 is 5.97 Å². The number of hydrogen-bond donors (Lipinski definition) is 1. The first-order valence-electron chi connectivity index (χ1n) is 7.92. The fraction of sp³-hybridized carbons (Fsp3) is 0.471. The summed E-state index contributed by atoms with van der Waals surface area (Å²) in [6.07, 6.45) is 1.72. The number of carbonyl (C=O) groups is 1. The molecule has 1 aromatic heterocycles. The zero-order valence-corrected chi connectivity index (χ0v) is 15.2. The van der Waals surface area contributed by atoms with Crippen LogP contribution in [0.25, 0.3) is 0 Å². The van der Waals surface area contributed by atoms with E-state index in [1.54, 1.807) is 22.8 Å². The summed E-state index contributed by atoms with van der Waals surface area (Å²) in [4.78, 5) is 14.5. The van der Waals surface area contributed by atoms with E-state index in [9.17, 15) is 4.79 Å². The van der Waals surface area contributed by atoms with Crippen LogP contribution < -0.4 is 5.32 Å². The van der Waals surface area contributed by atoms with Gasteiger partial charge < -0.3 is 10.1 Å². The summed E-state index contributed by atoms with van der Waals surface area (Å²) in [6, 6.07) is 10.3. The molecular formula is C17H24N4O2S. The minimum atomic E-state index is -0.460. The van der Waals surface area contributed by atoms with Crippen LogP contribution in [0.1, 0.15) is 26.5 Å². The number of carbonyl (C=O) groups excluding carboxylic acids is 1. The molecule has 7 heteroatoms. The van der Waals surface area contributed by atoms with E-state index < -0.39 is 5.60 Å². The summed E-state index contributed by atoms with van der Waals surface area (Å²) >= 11 is 1.77. The Morgan fingerprint density at radius 2 is 2.04 bits per heavy atom. The molecule has 0 saturated carbocycles. The van der Waals surface area contributed by atoms with E-state index in [-0.39, 0.29) is 12.5 Å². The Hall–Kier alpha value is -1.86. The Morgan fingerprint density at radius 1 is 1.29 bits per heavy atom. The van der Waals surface area contributed by atoms with Gasteiger partial charge in [0.2, 0.25) is 0 Å². The van der Waals surface area contributed by atoms with Gasteiger partial charge in [0.1, 0.15) is 5.60 Å². The molecule has 0 aliphatic heterocycles. The first-order chi connectivity index (χ1) is 11.4. The zero-order valence-electron chi connectivity index (χ0n) is 14.4. The highest BCUT2D eigenvalue weighted by atomic mass is 32.2. The molecule has 130 valence electrons. The Labute approximate surface area is 147 Å². The average molecular weight is 348 g/mol. The average Bonchev–Trinajstić information content (AvgIpc) is 2.94. The molecule has 1 N–H and O–H groups in total. The third-order valence-electron chi connectivity index (χ3n) is 2.88. The van der Waals surface area contributed by atoms with E-state index in [0.29, 0.717) is 6.54 Å². The van der Waals surface area contributed by atoms with Crippen molar-refractivity contribution in [3.8, 4) is 0 Å². The molecule has 0 aliphatic rings. The van der Waals surface area contributed by atoms with E-state index in [4.69, 9.17) is 4.74 Å². The van der Waals surface area contributed by atoms with Crippen molar-refractivity contribution in [2.45, 2.75) is 44.4 Å². The maximum Gasteiger partial charge on any atom is 0.320 e. The quantitative estimate of drug-likeness (QED) is 0.584. The van der Waals surface area contributed by atoms with Crippen LogP contribution in [-0.4, -0.2) is 38.9 Å². The molecular weight excluding hydrogens is 324 g/mol. The second-order valence-corrected chi connectivity index (χ2v) is 7.45. The van der Waals surface area contributed by atoms with E-state index in [0.717, 1.165) is 18.0 Å². The normalized spacial score (nSPS) is 11.5. The highest BCUT2D eigenvalue weighted by molar-refractivity contribution is 7.99. The third-order valence-corrected chi connectivity index (χ3v) is 3.87. The lowest BCUT2D eigenvalue weighted by atomic mass is 10.2. The summed E-state index contributed by atoms with van der Waals surface area (Å²) in [5, 5.41) is 11.7. The van der Waals surface area contributed by atoms with Crippen molar-refractivity contribution >= 4 is 17.7 Å². The summed E-state index contributed by atoms with van der Waals surface area (Å²) in [5.41, 5.74) is 0.349. The molecule has 24 heavy (non-hydrogen) atoms. The van der Waals surface area contributed by atoms with Gasteiger partial charge in [-0.1, -0.05) is 18.2 Å². The van der Waals surface area contributed by atoms with Gasteiger partial charge in [0, 0.05) is 17.2 Å². The number of ether oxygens (including phenoxy) is 1. The van der Waals surface area contributed by atoms with Crippen LogP contribution >= 0.6 is 11.8 Å². The van der Waals surface area contributed by atoms with Gasteiger partial charge in [0.15, 0.2) is 0 Å². The molecule has 0 amide bonds. The molecule has 0 fully saturated rings. The number of nitrogens with one attached hydrogen (secondary N) is 1. The van der Waals surface area contributed by atoms with Crippen LogP contribution in [0.3, 0.4) is 0 Å². The molecule has 0 saturated heterocycles. The molecule has 1 heterocycles. The zero-order chi connectivity index (χ0) is 17.4. The highest BCUT2D eigenvalue weighted by Crippen LogP contribution is 2.16. The number of benzene rings is 1. The Bertz CT molecular complexity index is 638. The van der Waals surface area contributed by atoms with E-state index in [1.165, 1.54) is 4.90 Å². The van der Waals surface area contributed by atoms with Crippen molar-refractivity contribution in [1.29, 1.82) is 0 Å². The second kappa shape index (κ2) is 8.84. The van der Waals surface area contributed by atoms with Crippen molar-refractivity contribution in [1.82, 2.24) is 20.3 Å². The van der Waals surface area contributed by atoms with Gasteiger partial charge in [-0.2, -0.15) is 15.0 Å². The maximum absolute atomic E-state index is 11.6. The second-order valence-electron chi connectivity index (χ2n) is 6.28. The summed E-state index contributed by atoms with van der Waals surface area (Å²) in [5.74, 6) is 0.637. The SMILES string of the molecule is CC(C)(C)OC(=O)CNCc1cnn(CCSc2ccccc2)n1. The minimum Gasteiger partial charge on any atom is -0.459 e. The predicted octanol–water partition coefficient (Wildman–Crippen LogP) is 2.50. The van der Waals surface area contributed by atoms with Crippen LogP contribution in [0.15, 0.2) is 41.4 Å². The molecule has 2 rings (SSSR count). The van der Waals surface area contributed by atoms with Gasteiger partial charge in [-0.15, -0.1) is 11.8 Å². The summed E-state index contributed by atoms with van der Waals surface area (Å²) in [6.45, 7) is 6.95. The Kier molecular flexibility index (Phi) is 6.81. The molecule has 0 spiro atoms. The molecule has 1 aromatic carbocycles. The van der Waals surface area contributed by atoms with Crippen molar-refractivity contribution in [2.24, 2.45) is 0 Å². The first kappa shape index (κ1) is 18.5. The smallest absolute Gasteiger partial charge is 0.320 e. The lowest BCUT2D eigenvalue weighted by molar-refractivity contribution is -0.153. The van der Waals surface area contributed by atoms with Gasteiger partial charge in [0.25, 0.3) is 0 Å². The Morgan fingerprint density at radius 3 is 2.75 bits per heavy atom. The molecule has 0 atom stereocenters. The molecule has 0 unspecified atom stereocenters. The highest BCUT2D eigenvalue weighted by Gasteiger charge is 2.15. The third kappa shape index (κ3) is 7.14. The maximum atomic E-state index is 11.6. The van der Waals surface area contributed by atoms with Gasteiger partial charge in [0.05, 0.1) is 25.0 Å². The van der Waals surface area contributed by atoms with Crippen molar-refractivity contribution in [3.05, 3.63) is 42.2 Å². The van der Waals surface area contributed by atoms with E-state index in [2.05, 4.69) is 27.6 Å². The van der Waals surface area contributed by atoms with Crippen molar-refractivity contribution < 1.29 is 9.53 Å². The number of nitrogens with zero attached hydrogens (tertiary/aromatic N) is 3. The van der Waals surface area contributed by atoms with Crippen molar-refractivity contribution in [3.63, 3.8) is 0 Å². The van der Waals surface area contributed by atoms with E-state index in [1.807, 2.05) is 39.0 Å². The fourth-order valence-corrected chi connectivity index (χ4v) is 2.79. The van der Waals surface area contributed by atoms with Crippen LogP contribution in [0.5, 0.6) is 0 Å². The van der Waals surface area contributed by atoms with Crippen LogP contribution in [0, 0.1) is 0 Å². The number of thioether (sulfide) groups is 1. The van der Waals surface area contributed by atoms with Gasteiger partial charge in [-0.05, 0) is 32.9 Å². The minimum absolute atomic E-state index is 0.161. The molecule has 0 radical (unpaired) electrons. The Balaban J connectivity index is 1.66. The molecule has 0 aliphatic carbocycles. The summed E-state index contributed by atoms with van der Waals surface area (Å²) in [7, 11) is 0. The van der Waals surface area contributed by atoms with Crippen LogP contribution in [-0.2, 0) is 22.6 Å². The molecule has 2 aromatic rings. The number of esters is 1. The molecule has 0 bridgehead atoms. The number of aryl methyl sites for hydroxylation is 1. The standard InChI is InChI=1S/C17H24N4O2S/c1-17(2,3)23-16(22)13-18-11-14-12-19-21(20-14)9-10-24-15-7-5-4-6-8-15/h4-8,12,18H,9-11,13H2,1-3H3. The number of hydrogen-bond acceptors (Lipinski definition) is 6. The largest absolute Gasteiger partial charge is 0.459 e. The fourth-order valence-electron chi connectivity index (χ4n) is 1.95. The first-order valence-corrected chi connectivity index (χ1v) is 8.90. The lowest BCUT2D eigenvalue weighted by Crippen LogP contribution is -2.31. The van der Waals surface area contributed by atoms with Crippen molar-refractivity contribution in [2.75, 3.05) is 12.3 Å². The number of aromatic nitrogens is 3. The summed E-state index contributed by atoms with van der Waals surface area (Å²) < 4.78 is 5.23. The predicted molar refractivity (Wildman–Crippen MR) is 94.7 cm³/mol. The molecule has 6 nitrogen and oxygen atoms in total.